The summed E-state index contributed by atoms with van der Waals surface area (Å²) in [6.07, 6.45) is 3.08. The third-order valence-electron chi connectivity index (χ3n) is 4.35. The Morgan fingerprint density at radius 2 is 1.41 bits per heavy atom. The number of carbonyl (C=O) groups is 2. The Morgan fingerprint density at radius 1 is 0.844 bits per heavy atom. The number of methoxy groups -OCH3 is 2. The van der Waals surface area contributed by atoms with Crippen molar-refractivity contribution in [3.8, 4) is 11.3 Å². The van der Waals surface area contributed by atoms with Crippen LogP contribution >= 0.6 is 24.0 Å². The maximum atomic E-state index is 11.6. The van der Waals surface area contributed by atoms with Gasteiger partial charge in [0.15, 0.2) is 0 Å². The van der Waals surface area contributed by atoms with Crippen molar-refractivity contribution in [1.29, 1.82) is 0 Å². The second-order valence-electron chi connectivity index (χ2n) is 7.61. The molecule has 0 aliphatic carbocycles. The number of benzene rings is 1. The number of halogens is 2. The molecule has 0 unspecified atom stereocenters. The third kappa shape index (κ3) is 7.62. The summed E-state index contributed by atoms with van der Waals surface area (Å²) >= 11 is 5.53. The van der Waals surface area contributed by atoms with E-state index in [1.54, 1.807) is 18.3 Å². The zero-order valence-corrected chi connectivity index (χ0v) is 20.2. The van der Waals surface area contributed by atoms with E-state index in [1.165, 1.54) is 38.1 Å². The minimum atomic E-state index is -0.408. The lowest BCUT2D eigenvalue weighted by Crippen LogP contribution is -2.10. The van der Waals surface area contributed by atoms with E-state index in [-0.39, 0.29) is 28.9 Å². The molecule has 0 amide bonds. The Balaban J connectivity index is 0.000000364. The predicted octanol–water partition coefficient (Wildman–Crippen LogP) is 5.78. The molecule has 0 aliphatic rings. The highest BCUT2D eigenvalue weighted by atomic mass is 35.5. The van der Waals surface area contributed by atoms with Gasteiger partial charge >= 0.3 is 11.9 Å². The van der Waals surface area contributed by atoms with E-state index in [2.05, 4.69) is 47.6 Å². The van der Waals surface area contributed by atoms with Gasteiger partial charge in [0.05, 0.1) is 31.0 Å². The van der Waals surface area contributed by atoms with Crippen LogP contribution in [-0.2, 0) is 14.9 Å². The van der Waals surface area contributed by atoms with Gasteiger partial charge in [-0.15, -0.1) is 12.4 Å². The third-order valence-corrected chi connectivity index (χ3v) is 4.56. The van der Waals surface area contributed by atoms with Crippen LogP contribution in [0.15, 0.2) is 60.9 Å². The summed E-state index contributed by atoms with van der Waals surface area (Å²) in [7, 11) is 2.69. The topological polar surface area (TPSA) is 78.4 Å². The standard InChI is InChI=1S/C17H19NO2.C7H6ClNO2.ClH/c1-17(2,3)14-7-5-6-12(10-14)15-11-13(8-9-18-15)16(19)20-4;1-11-7(10)5-2-3-9-6(8)4-5;/h5-11H,1-4H3;2-4H,1H3;1H. The number of aromatic nitrogens is 2. The molecular weight excluding hydrogens is 451 g/mol. The lowest BCUT2D eigenvalue weighted by molar-refractivity contribution is 0.0592. The molecule has 2 heterocycles. The van der Waals surface area contributed by atoms with E-state index in [4.69, 9.17) is 16.3 Å². The van der Waals surface area contributed by atoms with Crippen LogP contribution in [0.2, 0.25) is 5.15 Å². The number of hydrogen-bond donors (Lipinski definition) is 0. The van der Waals surface area contributed by atoms with E-state index in [0.717, 1.165) is 11.3 Å². The molecule has 2 aromatic heterocycles. The summed E-state index contributed by atoms with van der Waals surface area (Å²) in [5.74, 6) is -0.755. The molecule has 0 radical (unpaired) electrons. The van der Waals surface area contributed by atoms with Gasteiger partial charge in [0.2, 0.25) is 0 Å². The number of hydrogen-bond acceptors (Lipinski definition) is 6. The molecule has 1 aromatic carbocycles. The largest absolute Gasteiger partial charge is 0.465 e. The van der Waals surface area contributed by atoms with Crippen molar-refractivity contribution in [2.24, 2.45) is 0 Å². The Kier molecular flexibility index (Phi) is 10.3. The van der Waals surface area contributed by atoms with Crippen molar-refractivity contribution >= 4 is 35.9 Å². The first-order chi connectivity index (χ1) is 14.7. The van der Waals surface area contributed by atoms with Gasteiger partial charge in [-0.25, -0.2) is 14.6 Å². The fourth-order valence-electron chi connectivity index (χ4n) is 2.63. The fourth-order valence-corrected chi connectivity index (χ4v) is 2.80. The number of carbonyl (C=O) groups excluding carboxylic acids is 2. The van der Waals surface area contributed by atoms with Gasteiger partial charge in [0, 0.05) is 18.0 Å². The van der Waals surface area contributed by atoms with E-state index < -0.39 is 5.97 Å². The first-order valence-corrected chi connectivity index (χ1v) is 9.88. The van der Waals surface area contributed by atoms with Crippen LogP contribution in [-0.4, -0.2) is 36.1 Å². The minimum Gasteiger partial charge on any atom is -0.465 e. The molecule has 0 N–H and O–H groups in total. The van der Waals surface area contributed by atoms with Crippen LogP contribution in [0.5, 0.6) is 0 Å². The zero-order valence-electron chi connectivity index (χ0n) is 18.6. The van der Waals surface area contributed by atoms with Crippen LogP contribution < -0.4 is 0 Å². The van der Waals surface area contributed by atoms with Crippen molar-refractivity contribution < 1.29 is 19.1 Å². The van der Waals surface area contributed by atoms with Crippen molar-refractivity contribution in [2.45, 2.75) is 26.2 Å². The number of ether oxygens (including phenoxy) is 2. The molecule has 0 atom stereocenters. The average Bonchev–Trinajstić information content (AvgIpc) is 2.78. The number of pyridine rings is 2. The summed E-state index contributed by atoms with van der Waals surface area (Å²) in [6.45, 7) is 6.51. The van der Waals surface area contributed by atoms with Gasteiger partial charge in [-0.1, -0.05) is 50.6 Å². The lowest BCUT2D eigenvalue weighted by atomic mass is 9.86. The summed E-state index contributed by atoms with van der Waals surface area (Å²) in [6, 6.07) is 14.6. The van der Waals surface area contributed by atoms with E-state index in [1.807, 2.05) is 12.1 Å². The molecule has 8 heteroatoms. The van der Waals surface area contributed by atoms with E-state index in [9.17, 15) is 9.59 Å². The summed E-state index contributed by atoms with van der Waals surface area (Å²) in [5, 5.41) is 0.285. The molecule has 3 rings (SSSR count). The number of nitrogens with zero attached hydrogens (tertiary/aromatic N) is 2. The van der Waals surface area contributed by atoms with Gasteiger partial charge in [0.1, 0.15) is 5.15 Å². The fraction of sp³-hybridized carbons (Fsp3) is 0.250. The molecule has 32 heavy (non-hydrogen) atoms. The molecule has 0 fully saturated rings. The molecule has 0 spiro atoms. The van der Waals surface area contributed by atoms with Crippen LogP contribution in [0, 0.1) is 0 Å². The highest BCUT2D eigenvalue weighted by Gasteiger charge is 2.15. The van der Waals surface area contributed by atoms with Gasteiger partial charge in [-0.3, -0.25) is 4.98 Å². The zero-order chi connectivity index (χ0) is 23.0. The second-order valence-corrected chi connectivity index (χ2v) is 8.00. The SMILES string of the molecule is COC(=O)c1ccnc(-c2cccc(C(C)(C)C)c2)c1.COC(=O)c1ccnc(Cl)c1.Cl. The normalized spacial score (nSPS) is 10.2. The highest BCUT2D eigenvalue weighted by Crippen LogP contribution is 2.27. The van der Waals surface area contributed by atoms with Gasteiger partial charge in [-0.2, -0.15) is 0 Å². The second kappa shape index (κ2) is 12.2. The van der Waals surface area contributed by atoms with E-state index >= 15 is 0 Å². The molecule has 6 nitrogen and oxygen atoms in total. The monoisotopic (exact) mass is 476 g/mol. The maximum absolute atomic E-state index is 11.6. The number of rotatable bonds is 3. The Bertz CT molecular complexity index is 1070. The Morgan fingerprint density at radius 3 is 1.94 bits per heavy atom. The predicted molar refractivity (Wildman–Crippen MR) is 128 cm³/mol. The maximum Gasteiger partial charge on any atom is 0.338 e. The molecule has 3 aromatic rings. The van der Waals surface area contributed by atoms with Crippen molar-refractivity contribution in [3.05, 3.63) is 82.8 Å². The first-order valence-electron chi connectivity index (χ1n) is 9.51. The van der Waals surface area contributed by atoms with Crippen LogP contribution in [0.1, 0.15) is 47.1 Å². The smallest absolute Gasteiger partial charge is 0.338 e. The van der Waals surface area contributed by atoms with Crippen LogP contribution in [0.25, 0.3) is 11.3 Å². The Labute approximate surface area is 199 Å². The van der Waals surface area contributed by atoms with Gasteiger partial charge in [-0.05, 0) is 41.3 Å². The average molecular weight is 477 g/mol. The molecule has 170 valence electrons. The first kappa shape index (κ1) is 27.1. The summed E-state index contributed by atoms with van der Waals surface area (Å²) in [4.78, 5) is 30.5. The van der Waals surface area contributed by atoms with E-state index in [0.29, 0.717) is 11.1 Å². The van der Waals surface area contributed by atoms with Crippen molar-refractivity contribution in [1.82, 2.24) is 9.97 Å². The highest BCUT2D eigenvalue weighted by molar-refractivity contribution is 6.29. The quantitative estimate of drug-likeness (QED) is 0.352. The molecule has 0 saturated heterocycles. The molecular formula is C24H26Cl2N2O4. The Hall–Kier alpha value is -2.96. The van der Waals surface area contributed by atoms with Crippen molar-refractivity contribution in [3.63, 3.8) is 0 Å². The number of esters is 2. The lowest BCUT2D eigenvalue weighted by Gasteiger charge is -2.19. The summed E-state index contributed by atoms with van der Waals surface area (Å²) < 4.78 is 9.20. The molecule has 0 aliphatic heterocycles. The minimum absolute atomic E-state index is 0. The van der Waals surface area contributed by atoms with Crippen LogP contribution in [0.3, 0.4) is 0 Å². The van der Waals surface area contributed by atoms with Crippen LogP contribution in [0.4, 0.5) is 0 Å². The van der Waals surface area contributed by atoms with Gasteiger partial charge in [0.25, 0.3) is 0 Å². The molecule has 0 bridgehead atoms. The van der Waals surface area contributed by atoms with Crippen molar-refractivity contribution in [2.75, 3.05) is 14.2 Å². The summed E-state index contributed by atoms with van der Waals surface area (Å²) in [5.41, 5.74) is 4.02. The molecule has 0 saturated carbocycles. The van der Waals surface area contributed by atoms with Gasteiger partial charge < -0.3 is 9.47 Å².